The quantitative estimate of drug-likeness (QED) is 0.458. The van der Waals surface area contributed by atoms with E-state index in [1.165, 1.54) is 55.5 Å². The fraction of sp³-hybridized carbons (Fsp3) is 0.167. The maximum absolute atomic E-state index is 13.3. The second-order valence-corrected chi connectivity index (χ2v) is 9.76. The highest BCUT2D eigenvalue weighted by molar-refractivity contribution is 7.89. The monoisotopic (exact) mass is 488 g/mol. The molecule has 6 nitrogen and oxygen atoms in total. The Hall–Kier alpha value is -3.07. The number of amides is 1. The Kier molecular flexibility index (Phi) is 7.97. The van der Waals surface area contributed by atoms with Gasteiger partial charge in [-0.2, -0.15) is 4.31 Å². The molecule has 1 amide bonds. The van der Waals surface area contributed by atoms with Gasteiger partial charge in [0.05, 0.1) is 11.4 Å². The molecule has 0 saturated carbocycles. The number of carbonyl (C=O) groups is 2. The average Bonchev–Trinajstić information content (AvgIpc) is 2.79. The SMILES string of the molecule is CC(=O)c1ccc(S(=O)(=O)N(CC(=O)NCc2cccc(Cl)c2)Cc2ccc(F)cc2)cc1. The molecule has 0 atom stereocenters. The molecule has 0 aliphatic rings. The third kappa shape index (κ3) is 6.71. The van der Waals surface area contributed by atoms with Crippen LogP contribution in [0, 0.1) is 5.82 Å². The molecule has 0 aliphatic heterocycles. The first-order valence-corrected chi connectivity index (χ1v) is 11.8. The highest BCUT2D eigenvalue weighted by Gasteiger charge is 2.27. The van der Waals surface area contributed by atoms with Gasteiger partial charge in [0.15, 0.2) is 5.78 Å². The molecule has 0 fully saturated rings. The van der Waals surface area contributed by atoms with Crippen molar-refractivity contribution >= 4 is 33.3 Å². The Bertz CT molecular complexity index is 1250. The first kappa shape index (κ1) is 24.6. The van der Waals surface area contributed by atoms with Crippen molar-refractivity contribution in [3.63, 3.8) is 0 Å². The van der Waals surface area contributed by atoms with Crippen LogP contribution in [0.25, 0.3) is 0 Å². The lowest BCUT2D eigenvalue weighted by molar-refractivity contribution is -0.121. The molecule has 0 spiro atoms. The highest BCUT2D eigenvalue weighted by Crippen LogP contribution is 2.20. The van der Waals surface area contributed by atoms with Gasteiger partial charge >= 0.3 is 0 Å². The van der Waals surface area contributed by atoms with E-state index in [4.69, 9.17) is 11.6 Å². The molecule has 33 heavy (non-hydrogen) atoms. The highest BCUT2D eigenvalue weighted by atomic mass is 35.5. The summed E-state index contributed by atoms with van der Waals surface area (Å²) in [6, 6.07) is 17.8. The van der Waals surface area contributed by atoms with E-state index in [2.05, 4.69) is 5.32 Å². The van der Waals surface area contributed by atoms with Gasteiger partial charge in [0.2, 0.25) is 15.9 Å². The topological polar surface area (TPSA) is 83.6 Å². The summed E-state index contributed by atoms with van der Waals surface area (Å²) in [6.45, 7) is 0.974. The van der Waals surface area contributed by atoms with Gasteiger partial charge in [0.1, 0.15) is 5.82 Å². The largest absolute Gasteiger partial charge is 0.351 e. The summed E-state index contributed by atoms with van der Waals surface area (Å²) in [5.74, 6) is -1.16. The molecule has 9 heteroatoms. The molecule has 1 N–H and O–H groups in total. The summed E-state index contributed by atoms with van der Waals surface area (Å²) in [5.41, 5.74) is 1.66. The van der Waals surface area contributed by atoms with Gasteiger partial charge in [-0.25, -0.2) is 12.8 Å². The minimum Gasteiger partial charge on any atom is -0.351 e. The van der Waals surface area contributed by atoms with Crippen LogP contribution in [-0.4, -0.2) is 31.0 Å². The van der Waals surface area contributed by atoms with Crippen molar-refractivity contribution in [2.24, 2.45) is 0 Å². The first-order valence-electron chi connectivity index (χ1n) is 10.0. The predicted molar refractivity (Wildman–Crippen MR) is 124 cm³/mol. The van der Waals surface area contributed by atoms with Gasteiger partial charge in [0, 0.05) is 23.7 Å². The number of halogens is 2. The van der Waals surface area contributed by atoms with Crippen LogP contribution in [0.3, 0.4) is 0 Å². The lowest BCUT2D eigenvalue weighted by atomic mass is 10.2. The average molecular weight is 489 g/mol. The van der Waals surface area contributed by atoms with Gasteiger partial charge in [0.25, 0.3) is 0 Å². The molecule has 0 bridgehead atoms. The van der Waals surface area contributed by atoms with Crippen LogP contribution >= 0.6 is 11.6 Å². The Morgan fingerprint density at radius 2 is 1.64 bits per heavy atom. The fourth-order valence-electron chi connectivity index (χ4n) is 3.09. The second kappa shape index (κ2) is 10.7. The standard InChI is InChI=1S/C24H22ClFN2O4S/c1-17(29)20-7-11-23(12-8-20)33(31,32)28(15-18-5-9-22(26)10-6-18)16-24(30)27-14-19-3-2-4-21(25)13-19/h2-13H,14-16H2,1H3,(H,27,30). The zero-order chi connectivity index (χ0) is 24.0. The third-order valence-electron chi connectivity index (χ3n) is 4.87. The first-order chi connectivity index (χ1) is 15.6. The summed E-state index contributed by atoms with van der Waals surface area (Å²) >= 11 is 5.96. The smallest absolute Gasteiger partial charge is 0.243 e. The molecule has 0 unspecified atom stereocenters. The molecule has 0 aliphatic carbocycles. The Balaban J connectivity index is 1.82. The van der Waals surface area contributed by atoms with Gasteiger partial charge < -0.3 is 5.32 Å². The van der Waals surface area contributed by atoms with E-state index < -0.39 is 28.3 Å². The summed E-state index contributed by atoms with van der Waals surface area (Å²) in [5, 5.41) is 3.22. The number of rotatable bonds is 9. The summed E-state index contributed by atoms with van der Waals surface area (Å²) in [6.07, 6.45) is 0. The van der Waals surface area contributed by atoms with Crippen molar-refractivity contribution < 1.29 is 22.4 Å². The fourth-order valence-corrected chi connectivity index (χ4v) is 4.69. The third-order valence-corrected chi connectivity index (χ3v) is 6.91. The van der Waals surface area contributed by atoms with Crippen LogP contribution in [0.15, 0.2) is 77.7 Å². The van der Waals surface area contributed by atoms with Gasteiger partial charge in [-0.1, -0.05) is 48.0 Å². The van der Waals surface area contributed by atoms with Crippen LogP contribution in [0.5, 0.6) is 0 Å². The number of nitrogens with one attached hydrogen (secondary N) is 1. The van der Waals surface area contributed by atoms with Crippen LogP contribution in [0.1, 0.15) is 28.4 Å². The molecule has 0 radical (unpaired) electrons. The van der Waals surface area contributed by atoms with Crippen molar-refractivity contribution in [3.8, 4) is 0 Å². The number of nitrogens with zero attached hydrogens (tertiary/aromatic N) is 1. The summed E-state index contributed by atoms with van der Waals surface area (Å²) in [4.78, 5) is 24.1. The number of hydrogen-bond acceptors (Lipinski definition) is 4. The molecule has 0 heterocycles. The van der Waals surface area contributed by atoms with E-state index in [1.807, 2.05) is 0 Å². The molecule has 3 aromatic carbocycles. The van der Waals surface area contributed by atoms with Crippen LogP contribution < -0.4 is 5.32 Å². The van der Waals surface area contributed by atoms with Gasteiger partial charge in [-0.3, -0.25) is 9.59 Å². The maximum atomic E-state index is 13.3. The molecule has 3 rings (SSSR count). The number of benzene rings is 3. The second-order valence-electron chi connectivity index (χ2n) is 7.39. The minimum atomic E-state index is -4.09. The maximum Gasteiger partial charge on any atom is 0.243 e. The normalized spacial score (nSPS) is 11.4. The molecular weight excluding hydrogens is 467 g/mol. The zero-order valence-electron chi connectivity index (χ0n) is 17.8. The van der Waals surface area contributed by atoms with Crippen molar-refractivity contribution in [2.45, 2.75) is 24.9 Å². The van der Waals surface area contributed by atoms with Gasteiger partial charge in [-0.05, 0) is 54.4 Å². The predicted octanol–water partition coefficient (Wildman–Crippen LogP) is 4.19. The minimum absolute atomic E-state index is 0.0581. The molecular formula is C24H22ClFN2O4S. The summed E-state index contributed by atoms with van der Waals surface area (Å²) < 4.78 is 40.9. The van der Waals surface area contributed by atoms with Crippen molar-refractivity contribution in [1.29, 1.82) is 0 Å². The molecule has 0 aromatic heterocycles. The Labute approximate surface area is 197 Å². The van der Waals surface area contributed by atoms with Crippen LogP contribution in [-0.2, 0) is 27.9 Å². The van der Waals surface area contributed by atoms with Crippen LogP contribution in [0.4, 0.5) is 4.39 Å². The van der Waals surface area contributed by atoms with E-state index in [9.17, 15) is 22.4 Å². The van der Waals surface area contributed by atoms with E-state index in [0.717, 1.165) is 9.87 Å². The number of sulfonamides is 1. The number of ketones is 1. The molecule has 172 valence electrons. The molecule has 0 saturated heterocycles. The Morgan fingerprint density at radius 3 is 2.24 bits per heavy atom. The van der Waals surface area contributed by atoms with Crippen molar-refractivity contribution in [3.05, 3.63) is 100 Å². The summed E-state index contributed by atoms with van der Waals surface area (Å²) in [7, 11) is -4.09. The van der Waals surface area contributed by atoms with Crippen molar-refractivity contribution in [2.75, 3.05) is 6.54 Å². The number of hydrogen-bond donors (Lipinski definition) is 1. The number of Topliss-reactive ketones (excluding diaryl/α,β-unsaturated/α-hetero) is 1. The van der Waals surface area contributed by atoms with Gasteiger partial charge in [-0.15, -0.1) is 0 Å². The lowest BCUT2D eigenvalue weighted by Gasteiger charge is -2.22. The lowest BCUT2D eigenvalue weighted by Crippen LogP contribution is -2.40. The van der Waals surface area contributed by atoms with E-state index in [-0.39, 0.29) is 23.8 Å². The Morgan fingerprint density at radius 1 is 0.970 bits per heavy atom. The number of carbonyl (C=O) groups excluding carboxylic acids is 2. The molecule has 3 aromatic rings. The van der Waals surface area contributed by atoms with E-state index >= 15 is 0 Å². The van der Waals surface area contributed by atoms with Crippen molar-refractivity contribution in [1.82, 2.24) is 9.62 Å². The van der Waals surface area contributed by atoms with E-state index in [1.54, 1.807) is 24.3 Å². The zero-order valence-corrected chi connectivity index (χ0v) is 19.4. The van der Waals surface area contributed by atoms with E-state index in [0.29, 0.717) is 16.1 Å². The van der Waals surface area contributed by atoms with Crippen LogP contribution in [0.2, 0.25) is 5.02 Å².